The fraction of sp³-hybridized carbons (Fsp3) is 0.462. The highest BCUT2D eigenvalue weighted by atomic mass is 31.2. The van der Waals surface area contributed by atoms with Crippen molar-refractivity contribution >= 4 is 30.1 Å². The van der Waals surface area contributed by atoms with Crippen molar-refractivity contribution < 1.29 is 33.9 Å². The summed E-state index contributed by atoms with van der Waals surface area (Å²) < 4.78 is 20.9. The first-order valence-corrected chi connectivity index (χ1v) is 9.91. The molecule has 1 aliphatic heterocycles. The van der Waals surface area contributed by atoms with Crippen LogP contribution in [0.5, 0.6) is 0 Å². The van der Waals surface area contributed by atoms with E-state index >= 15 is 0 Å². The highest BCUT2D eigenvalue weighted by Crippen LogP contribution is 2.32. The van der Waals surface area contributed by atoms with Gasteiger partial charge in [-0.05, 0) is 0 Å². The van der Waals surface area contributed by atoms with E-state index in [0.717, 1.165) is 10.9 Å². The second kappa shape index (κ2) is 6.69. The van der Waals surface area contributed by atoms with E-state index in [4.69, 9.17) is 20.3 Å². The molecule has 0 saturated carbocycles. The third-order valence-corrected chi connectivity index (χ3v) is 5.39. The number of imidazole rings is 1. The molecular formula is C13H18N8O7P+. The van der Waals surface area contributed by atoms with Gasteiger partial charge in [0.2, 0.25) is 11.7 Å². The molecule has 1 aliphatic rings. The fourth-order valence-corrected chi connectivity index (χ4v) is 3.70. The maximum Gasteiger partial charge on any atom is 0.377 e. The molecule has 156 valence electrons. The Morgan fingerprint density at radius 2 is 2.10 bits per heavy atom. The number of ether oxygens (including phenoxy) is 1. The molecule has 15 nitrogen and oxygen atoms in total. The Bertz CT molecular complexity index is 1180. The lowest BCUT2D eigenvalue weighted by Crippen LogP contribution is -2.46. The summed E-state index contributed by atoms with van der Waals surface area (Å²) in [6.45, 7) is -0.136. The lowest BCUT2D eigenvalue weighted by molar-refractivity contribution is -0.745. The molecule has 0 spiro atoms. The van der Waals surface area contributed by atoms with Gasteiger partial charge in [0.25, 0.3) is 11.5 Å². The Kier molecular flexibility index (Phi) is 4.53. The number of hydrogen-bond donors (Lipinski definition) is 6. The van der Waals surface area contributed by atoms with Crippen LogP contribution in [0.15, 0.2) is 17.3 Å². The second-order valence-corrected chi connectivity index (χ2v) is 8.19. The quantitative estimate of drug-likeness (QED) is 0.173. The van der Waals surface area contributed by atoms with Crippen LogP contribution in [0.3, 0.4) is 0 Å². The molecule has 4 atom stereocenters. The molecule has 3 aromatic rings. The smallest absolute Gasteiger partial charge is 0.377 e. The summed E-state index contributed by atoms with van der Waals surface area (Å²) in [6, 6.07) is 0. The van der Waals surface area contributed by atoms with E-state index in [0.29, 0.717) is 0 Å². The molecule has 1 fully saturated rings. The van der Waals surface area contributed by atoms with Crippen molar-refractivity contribution in [2.75, 3.05) is 5.73 Å². The zero-order valence-corrected chi connectivity index (χ0v) is 15.8. The predicted molar refractivity (Wildman–Crippen MR) is 93.6 cm³/mol. The van der Waals surface area contributed by atoms with Gasteiger partial charge in [0.05, 0.1) is 19.8 Å². The molecular weight excluding hydrogens is 411 g/mol. The number of nitrogens with two attached hydrogens (primary N) is 1. The van der Waals surface area contributed by atoms with E-state index in [-0.39, 0.29) is 23.7 Å². The average Bonchev–Trinajstić information content (AvgIpc) is 3.28. The number of fused-ring (bicyclic) bond motifs is 1. The maximum atomic E-state index is 12.1. The molecule has 0 aliphatic carbocycles. The number of H-pyrrole nitrogens is 1. The van der Waals surface area contributed by atoms with Crippen molar-refractivity contribution in [2.45, 2.75) is 31.1 Å². The van der Waals surface area contributed by atoms with Crippen LogP contribution < -0.4 is 21.3 Å². The maximum absolute atomic E-state index is 12.1. The van der Waals surface area contributed by atoms with Gasteiger partial charge < -0.3 is 30.5 Å². The van der Waals surface area contributed by atoms with Gasteiger partial charge in [-0.15, -0.1) is 5.10 Å². The Morgan fingerprint density at radius 3 is 2.76 bits per heavy atom. The minimum Gasteiger partial charge on any atom is -0.387 e. The largest absolute Gasteiger partial charge is 0.387 e. The number of aromatic amines is 1. The van der Waals surface area contributed by atoms with Crippen LogP contribution in [-0.2, 0) is 22.9 Å². The highest BCUT2D eigenvalue weighted by molar-refractivity contribution is 7.59. The van der Waals surface area contributed by atoms with E-state index in [1.807, 2.05) is 0 Å². The zero-order valence-electron chi connectivity index (χ0n) is 14.9. The van der Waals surface area contributed by atoms with E-state index < -0.39 is 43.1 Å². The third kappa shape index (κ3) is 3.33. The van der Waals surface area contributed by atoms with Crippen molar-refractivity contribution in [2.24, 2.45) is 7.05 Å². The van der Waals surface area contributed by atoms with Crippen molar-refractivity contribution in [3.63, 3.8) is 0 Å². The van der Waals surface area contributed by atoms with Gasteiger partial charge in [-0.2, -0.15) is 0 Å². The van der Waals surface area contributed by atoms with Crippen LogP contribution in [0.4, 0.5) is 5.95 Å². The van der Waals surface area contributed by atoms with Gasteiger partial charge in [0.15, 0.2) is 11.8 Å². The first kappa shape index (κ1) is 19.6. The minimum atomic E-state index is -4.57. The van der Waals surface area contributed by atoms with Gasteiger partial charge in [0.1, 0.15) is 18.3 Å². The van der Waals surface area contributed by atoms with Crippen molar-refractivity contribution in [1.82, 2.24) is 29.5 Å². The number of rotatable bonds is 4. The SMILES string of the molecule is Cn1c[n+]([C@@H]2O[C@H](Cn3cc(P(=O)(O)O)nn3)[C@@H](O)[C@H]2O)c2nc(N)[nH]c(=O)c21. The normalized spacial score (nSPS) is 25.1. The summed E-state index contributed by atoms with van der Waals surface area (Å²) in [6.07, 6.45) is -2.33. The lowest BCUT2D eigenvalue weighted by Gasteiger charge is -2.13. The molecule has 4 rings (SSSR count). The number of aryl methyl sites for hydroxylation is 1. The van der Waals surface area contributed by atoms with E-state index in [2.05, 4.69) is 20.3 Å². The predicted octanol–water partition coefficient (Wildman–Crippen LogP) is -4.15. The number of anilines is 1. The molecule has 0 unspecified atom stereocenters. The van der Waals surface area contributed by atoms with Crippen molar-refractivity contribution in [3.05, 3.63) is 22.9 Å². The zero-order chi connectivity index (χ0) is 21.1. The number of aromatic nitrogens is 7. The van der Waals surface area contributed by atoms with Gasteiger partial charge >= 0.3 is 13.2 Å². The molecule has 4 heterocycles. The van der Waals surface area contributed by atoms with Crippen LogP contribution in [0.1, 0.15) is 6.23 Å². The number of aliphatic hydroxyl groups excluding tert-OH is 2. The number of aliphatic hydroxyl groups is 2. The summed E-state index contributed by atoms with van der Waals surface area (Å²) in [5, 5.41) is 27.9. The number of nitrogens with zero attached hydrogens (tertiary/aromatic N) is 6. The molecule has 3 aromatic heterocycles. The molecule has 16 heteroatoms. The van der Waals surface area contributed by atoms with Crippen LogP contribution in [0, 0.1) is 0 Å². The average molecular weight is 429 g/mol. The van der Waals surface area contributed by atoms with E-state index in [9.17, 15) is 19.6 Å². The van der Waals surface area contributed by atoms with Crippen LogP contribution in [0.25, 0.3) is 11.2 Å². The number of nitrogen functional groups attached to an aromatic ring is 1. The lowest BCUT2D eigenvalue weighted by atomic mass is 10.1. The van der Waals surface area contributed by atoms with Crippen molar-refractivity contribution in [3.8, 4) is 0 Å². The standard InChI is InChI=1S/C13H17N8O7P/c1-19-4-21(10-7(19)11(24)16-13(14)15-10)12-9(23)8(22)5(28-12)2-20-3-6(17-18-20)29(25,26)27/h3-5,8-9,12,22-23H,2H2,1H3,(H4-,14,15,16,24,25,26,27)/p+1/t5-,8-,9-,12-/m1/s1. The van der Waals surface area contributed by atoms with Crippen LogP contribution >= 0.6 is 7.60 Å². The number of nitrogens with one attached hydrogen (secondary N) is 1. The van der Waals surface area contributed by atoms with E-state index in [1.54, 1.807) is 7.05 Å². The monoisotopic (exact) mass is 429 g/mol. The van der Waals surface area contributed by atoms with Crippen LogP contribution in [0.2, 0.25) is 0 Å². The van der Waals surface area contributed by atoms with Crippen LogP contribution in [-0.4, -0.2) is 67.8 Å². The molecule has 7 N–H and O–H groups in total. The Labute approximate surface area is 161 Å². The third-order valence-electron chi connectivity index (χ3n) is 4.59. The van der Waals surface area contributed by atoms with E-state index in [1.165, 1.54) is 15.5 Å². The van der Waals surface area contributed by atoms with Gasteiger partial charge in [-0.25, -0.2) is 9.25 Å². The minimum absolute atomic E-state index is 0.125. The molecule has 0 radical (unpaired) electrons. The number of hydrogen-bond acceptors (Lipinski definition) is 9. The summed E-state index contributed by atoms with van der Waals surface area (Å²) in [4.78, 5) is 36.8. The summed E-state index contributed by atoms with van der Waals surface area (Å²) in [7, 11) is -2.97. The van der Waals surface area contributed by atoms with Gasteiger partial charge in [-0.1, -0.05) is 10.2 Å². The Balaban J connectivity index is 1.64. The van der Waals surface area contributed by atoms with Gasteiger partial charge in [0, 0.05) is 0 Å². The Morgan fingerprint density at radius 1 is 1.38 bits per heavy atom. The summed E-state index contributed by atoms with van der Waals surface area (Å²) in [5.41, 5.74) is 4.94. The summed E-state index contributed by atoms with van der Waals surface area (Å²) in [5.74, 6) is -0.125. The topological polar surface area (TPSA) is 219 Å². The molecule has 1 saturated heterocycles. The molecule has 0 amide bonds. The molecule has 29 heavy (non-hydrogen) atoms. The first-order chi connectivity index (χ1) is 13.6. The van der Waals surface area contributed by atoms with Gasteiger partial charge in [-0.3, -0.25) is 18.9 Å². The fourth-order valence-electron chi connectivity index (χ4n) is 3.26. The van der Waals surface area contributed by atoms with Crippen molar-refractivity contribution in [1.29, 1.82) is 0 Å². The molecule has 0 aromatic carbocycles. The summed E-state index contributed by atoms with van der Waals surface area (Å²) >= 11 is 0. The highest BCUT2D eigenvalue weighted by Gasteiger charge is 2.47. The first-order valence-electron chi connectivity index (χ1n) is 8.30. The Hall–Kier alpha value is -2.68. The second-order valence-electron chi connectivity index (χ2n) is 6.65. The molecule has 0 bridgehead atoms.